The van der Waals surface area contributed by atoms with E-state index in [-0.39, 0.29) is 11.5 Å². The summed E-state index contributed by atoms with van der Waals surface area (Å²) in [5.74, 6) is 0. The monoisotopic (exact) mass is 282 g/mol. The molecule has 0 radical (unpaired) electrons. The SMILES string of the molecule is CCCNC(c1cccnc1)c1ccccc1C(C)(C)C. The van der Waals surface area contributed by atoms with E-state index in [1.807, 2.05) is 18.5 Å². The van der Waals surface area contributed by atoms with Crippen LogP contribution in [0.4, 0.5) is 0 Å². The number of aromatic nitrogens is 1. The molecule has 2 nitrogen and oxygen atoms in total. The molecule has 2 aromatic rings. The first-order valence-electron chi connectivity index (χ1n) is 7.76. The fourth-order valence-electron chi connectivity index (χ4n) is 2.67. The maximum Gasteiger partial charge on any atom is 0.0594 e. The third-order valence-electron chi connectivity index (χ3n) is 3.70. The lowest BCUT2D eigenvalue weighted by Gasteiger charge is -2.28. The van der Waals surface area contributed by atoms with Gasteiger partial charge in [0.25, 0.3) is 0 Å². The molecule has 0 aliphatic heterocycles. The summed E-state index contributed by atoms with van der Waals surface area (Å²) in [6.07, 6.45) is 4.91. The van der Waals surface area contributed by atoms with Crippen LogP contribution in [0.1, 0.15) is 56.8 Å². The van der Waals surface area contributed by atoms with Crippen LogP contribution >= 0.6 is 0 Å². The van der Waals surface area contributed by atoms with Crippen molar-refractivity contribution in [2.24, 2.45) is 0 Å². The Labute approximate surface area is 128 Å². The summed E-state index contributed by atoms with van der Waals surface area (Å²) in [7, 11) is 0. The zero-order chi connectivity index (χ0) is 15.3. The van der Waals surface area contributed by atoms with Gasteiger partial charge in [0.15, 0.2) is 0 Å². The first kappa shape index (κ1) is 15.7. The minimum atomic E-state index is 0.130. The molecule has 2 rings (SSSR count). The minimum absolute atomic E-state index is 0.130. The predicted octanol–water partition coefficient (Wildman–Crippen LogP) is 4.47. The Morgan fingerprint density at radius 3 is 2.48 bits per heavy atom. The third kappa shape index (κ3) is 3.92. The molecule has 0 saturated carbocycles. The van der Waals surface area contributed by atoms with Gasteiger partial charge in [0, 0.05) is 12.4 Å². The van der Waals surface area contributed by atoms with E-state index in [1.54, 1.807) is 0 Å². The van der Waals surface area contributed by atoms with Crippen LogP contribution in [-0.4, -0.2) is 11.5 Å². The molecule has 112 valence electrons. The Morgan fingerprint density at radius 1 is 1.10 bits per heavy atom. The lowest BCUT2D eigenvalue weighted by Crippen LogP contribution is -2.26. The molecule has 1 unspecified atom stereocenters. The van der Waals surface area contributed by atoms with Crippen molar-refractivity contribution < 1.29 is 0 Å². The molecule has 0 spiro atoms. The summed E-state index contributed by atoms with van der Waals surface area (Å²) in [6, 6.07) is 13.1. The fraction of sp³-hybridized carbons (Fsp3) is 0.421. The number of hydrogen-bond acceptors (Lipinski definition) is 2. The summed E-state index contributed by atoms with van der Waals surface area (Å²) in [5.41, 5.74) is 4.10. The van der Waals surface area contributed by atoms with Crippen LogP contribution in [0.5, 0.6) is 0 Å². The second kappa shape index (κ2) is 6.86. The van der Waals surface area contributed by atoms with E-state index in [9.17, 15) is 0 Å². The van der Waals surface area contributed by atoms with E-state index >= 15 is 0 Å². The molecular formula is C19H26N2. The van der Waals surface area contributed by atoms with Crippen molar-refractivity contribution in [1.82, 2.24) is 10.3 Å². The highest BCUT2D eigenvalue weighted by Crippen LogP contribution is 2.32. The van der Waals surface area contributed by atoms with E-state index < -0.39 is 0 Å². The van der Waals surface area contributed by atoms with Gasteiger partial charge in [-0.15, -0.1) is 0 Å². The molecule has 1 heterocycles. The van der Waals surface area contributed by atoms with E-state index in [4.69, 9.17) is 0 Å². The van der Waals surface area contributed by atoms with Crippen LogP contribution in [0.15, 0.2) is 48.8 Å². The Balaban J connectivity index is 2.47. The smallest absolute Gasteiger partial charge is 0.0594 e. The number of nitrogens with zero attached hydrogens (tertiary/aromatic N) is 1. The van der Waals surface area contributed by atoms with Crippen LogP contribution in [0.3, 0.4) is 0 Å². The van der Waals surface area contributed by atoms with Gasteiger partial charge >= 0.3 is 0 Å². The molecule has 0 bridgehead atoms. The Hall–Kier alpha value is -1.67. The summed E-state index contributed by atoms with van der Waals surface area (Å²) in [4.78, 5) is 4.29. The number of benzene rings is 1. The Morgan fingerprint density at radius 2 is 1.86 bits per heavy atom. The highest BCUT2D eigenvalue weighted by molar-refractivity contribution is 5.40. The quantitative estimate of drug-likeness (QED) is 0.875. The van der Waals surface area contributed by atoms with Gasteiger partial charge in [0.2, 0.25) is 0 Å². The zero-order valence-electron chi connectivity index (χ0n) is 13.6. The van der Waals surface area contributed by atoms with Crippen molar-refractivity contribution in [1.29, 1.82) is 0 Å². The summed E-state index contributed by atoms with van der Waals surface area (Å²) < 4.78 is 0. The topological polar surface area (TPSA) is 24.9 Å². The van der Waals surface area contributed by atoms with Gasteiger partial charge in [0.05, 0.1) is 6.04 Å². The van der Waals surface area contributed by atoms with Gasteiger partial charge in [-0.2, -0.15) is 0 Å². The van der Waals surface area contributed by atoms with Crippen LogP contribution in [0.2, 0.25) is 0 Å². The minimum Gasteiger partial charge on any atom is -0.306 e. The predicted molar refractivity (Wildman–Crippen MR) is 89.5 cm³/mol. The van der Waals surface area contributed by atoms with Crippen molar-refractivity contribution in [2.75, 3.05) is 6.54 Å². The largest absolute Gasteiger partial charge is 0.306 e. The lowest BCUT2D eigenvalue weighted by atomic mass is 9.80. The number of nitrogens with one attached hydrogen (secondary N) is 1. The van der Waals surface area contributed by atoms with Gasteiger partial charge < -0.3 is 5.32 Å². The second-order valence-corrected chi connectivity index (χ2v) is 6.51. The molecule has 21 heavy (non-hydrogen) atoms. The van der Waals surface area contributed by atoms with Crippen molar-refractivity contribution >= 4 is 0 Å². The van der Waals surface area contributed by atoms with Crippen LogP contribution < -0.4 is 5.32 Å². The van der Waals surface area contributed by atoms with Crippen molar-refractivity contribution in [2.45, 2.75) is 45.6 Å². The highest BCUT2D eigenvalue weighted by atomic mass is 14.9. The third-order valence-corrected chi connectivity index (χ3v) is 3.70. The number of hydrogen-bond donors (Lipinski definition) is 1. The second-order valence-electron chi connectivity index (χ2n) is 6.51. The average molecular weight is 282 g/mol. The van der Waals surface area contributed by atoms with Crippen molar-refractivity contribution in [3.63, 3.8) is 0 Å². The molecule has 0 aliphatic rings. The standard InChI is InChI=1S/C19H26N2/c1-5-12-21-18(15-9-8-13-20-14-15)16-10-6-7-11-17(16)19(2,3)4/h6-11,13-14,18,21H,5,12H2,1-4H3. The first-order valence-corrected chi connectivity index (χ1v) is 7.76. The van der Waals surface area contributed by atoms with Gasteiger partial charge in [0.1, 0.15) is 0 Å². The van der Waals surface area contributed by atoms with E-state index in [0.717, 1.165) is 13.0 Å². The van der Waals surface area contributed by atoms with E-state index in [2.05, 4.69) is 68.3 Å². The van der Waals surface area contributed by atoms with Gasteiger partial charge in [-0.3, -0.25) is 4.98 Å². The molecule has 1 atom stereocenters. The van der Waals surface area contributed by atoms with Crippen LogP contribution in [0.25, 0.3) is 0 Å². The Bertz CT molecular complexity index is 555. The zero-order valence-corrected chi connectivity index (χ0v) is 13.6. The molecule has 1 aromatic carbocycles. The molecule has 2 heteroatoms. The fourth-order valence-corrected chi connectivity index (χ4v) is 2.67. The molecule has 0 saturated heterocycles. The molecule has 0 fully saturated rings. The first-order chi connectivity index (χ1) is 10.0. The van der Waals surface area contributed by atoms with Crippen molar-refractivity contribution in [3.8, 4) is 0 Å². The maximum atomic E-state index is 4.29. The molecule has 0 aliphatic carbocycles. The summed E-state index contributed by atoms with van der Waals surface area (Å²) in [5, 5.41) is 3.67. The van der Waals surface area contributed by atoms with Gasteiger partial charge in [-0.1, -0.05) is 58.0 Å². The van der Waals surface area contributed by atoms with Crippen LogP contribution in [-0.2, 0) is 5.41 Å². The molecule has 1 aromatic heterocycles. The normalized spacial score (nSPS) is 13.1. The van der Waals surface area contributed by atoms with Gasteiger partial charge in [-0.25, -0.2) is 0 Å². The van der Waals surface area contributed by atoms with Gasteiger partial charge in [-0.05, 0) is 41.1 Å². The number of pyridine rings is 1. The van der Waals surface area contributed by atoms with Crippen molar-refractivity contribution in [3.05, 3.63) is 65.5 Å². The van der Waals surface area contributed by atoms with E-state index in [0.29, 0.717) is 0 Å². The summed E-state index contributed by atoms with van der Waals surface area (Å²) in [6.45, 7) is 10.0. The number of rotatable bonds is 5. The molecule has 0 amide bonds. The van der Waals surface area contributed by atoms with E-state index in [1.165, 1.54) is 16.7 Å². The summed E-state index contributed by atoms with van der Waals surface area (Å²) >= 11 is 0. The Kier molecular flexibility index (Phi) is 5.13. The highest BCUT2D eigenvalue weighted by Gasteiger charge is 2.23. The van der Waals surface area contributed by atoms with Crippen LogP contribution in [0, 0.1) is 0 Å². The molecular weight excluding hydrogens is 256 g/mol. The molecule has 1 N–H and O–H groups in total. The lowest BCUT2D eigenvalue weighted by molar-refractivity contribution is 0.548. The average Bonchev–Trinajstić information content (AvgIpc) is 2.48. The maximum absolute atomic E-state index is 4.29.